The fourth-order valence-electron chi connectivity index (χ4n) is 3.82. The number of nitrogens with one attached hydrogen (secondary N) is 1. The molecule has 0 aliphatic carbocycles. The van der Waals surface area contributed by atoms with Gasteiger partial charge in [-0.2, -0.15) is 0 Å². The molecule has 148 valence electrons. The van der Waals surface area contributed by atoms with Crippen molar-refractivity contribution in [2.24, 2.45) is 0 Å². The molecule has 2 aromatic rings. The molecule has 0 atom stereocenters. The number of anilines is 1. The van der Waals surface area contributed by atoms with Gasteiger partial charge in [-0.1, -0.05) is 18.6 Å². The molecule has 0 radical (unpaired) electrons. The highest BCUT2D eigenvalue weighted by Gasteiger charge is 2.28. The van der Waals surface area contributed by atoms with Crippen molar-refractivity contribution in [3.05, 3.63) is 51.7 Å². The molecule has 1 N–H and O–H groups in total. The predicted molar refractivity (Wildman–Crippen MR) is 106 cm³/mol. The Hall–Kier alpha value is -2.09. The highest BCUT2D eigenvalue weighted by atomic mass is 32.1. The number of carbonyl (C=O) groups excluding carboxylic acids is 2. The van der Waals surface area contributed by atoms with Gasteiger partial charge in [-0.15, -0.1) is 11.3 Å². The van der Waals surface area contributed by atoms with Crippen LogP contribution in [0.5, 0.6) is 0 Å². The Kier molecular flexibility index (Phi) is 5.85. The molecule has 1 fully saturated rings. The summed E-state index contributed by atoms with van der Waals surface area (Å²) < 4.78 is 19.1. The number of thiophene rings is 1. The van der Waals surface area contributed by atoms with Gasteiger partial charge in [0.15, 0.2) is 5.78 Å². The van der Waals surface area contributed by atoms with E-state index in [-0.39, 0.29) is 11.7 Å². The van der Waals surface area contributed by atoms with E-state index < -0.39 is 5.82 Å². The number of piperidine rings is 1. The highest BCUT2D eigenvalue weighted by molar-refractivity contribution is 7.17. The Morgan fingerprint density at radius 1 is 1.21 bits per heavy atom. The molecule has 1 aromatic carbocycles. The quantitative estimate of drug-likeness (QED) is 0.776. The molecule has 2 aliphatic rings. The number of amides is 1. The summed E-state index contributed by atoms with van der Waals surface area (Å²) in [6.45, 7) is 3.15. The second-order valence-electron chi connectivity index (χ2n) is 7.23. The van der Waals surface area contributed by atoms with E-state index in [0.717, 1.165) is 36.4 Å². The van der Waals surface area contributed by atoms with Crippen LogP contribution >= 0.6 is 11.3 Å². The van der Waals surface area contributed by atoms with Gasteiger partial charge < -0.3 is 10.1 Å². The number of nitrogens with zero attached hydrogens (tertiary/aromatic N) is 1. The number of halogens is 1. The molecule has 1 saturated heterocycles. The maximum atomic E-state index is 13.6. The second kappa shape index (κ2) is 8.51. The molecule has 2 aliphatic heterocycles. The van der Waals surface area contributed by atoms with E-state index in [0.29, 0.717) is 42.3 Å². The Morgan fingerprint density at radius 2 is 2.04 bits per heavy atom. The van der Waals surface area contributed by atoms with Crippen LogP contribution < -0.4 is 5.32 Å². The molecule has 1 amide bonds. The third-order valence-electron chi connectivity index (χ3n) is 5.20. The minimum atomic E-state index is -0.450. The normalized spacial score (nSPS) is 17.2. The van der Waals surface area contributed by atoms with E-state index in [2.05, 4.69) is 10.2 Å². The number of benzene rings is 1. The van der Waals surface area contributed by atoms with Gasteiger partial charge in [-0.3, -0.25) is 14.5 Å². The van der Waals surface area contributed by atoms with Gasteiger partial charge in [0.2, 0.25) is 5.91 Å². The Balaban J connectivity index is 1.60. The molecular formula is C21H23FN2O3S. The fourth-order valence-corrected chi connectivity index (χ4v) is 5.02. The highest BCUT2D eigenvalue weighted by Crippen LogP contribution is 2.38. The van der Waals surface area contributed by atoms with Gasteiger partial charge in [0.05, 0.1) is 25.3 Å². The van der Waals surface area contributed by atoms with Crippen LogP contribution in [0.25, 0.3) is 0 Å². The number of likely N-dealkylation sites (tertiary alicyclic amines) is 1. The van der Waals surface area contributed by atoms with Gasteiger partial charge in [0.25, 0.3) is 0 Å². The summed E-state index contributed by atoms with van der Waals surface area (Å²) in [5, 5.41) is 3.50. The standard InChI is InChI=1S/C21H23FN2O3S/c22-15-6-4-5-14(11-15)20(26)19-16-7-10-27-13-17(16)28-21(19)23-18(25)12-24-8-2-1-3-9-24/h4-6,11H,1-3,7-10,12-13H2,(H,23,25). The lowest BCUT2D eigenvalue weighted by atomic mass is 9.97. The molecule has 28 heavy (non-hydrogen) atoms. The number of ether oxygens (including phenoxy) is 1. The Bertz CT molecular complexity index is 890. The lowest BCUT2D eigenvalue weighted by Gasteiger charge is -2.25. The molecule has 7 heteroatoms. The fraction of sp³-hybridized carbons (Fsp3) is 0.429. The number of hydrogen-bond acceptors (Lipinski definition) is 5. The molecule has 0 bridgehead atoms. The van der Waals surface area contributed by atoms with Crippen molar-refractivity contribution in [3.63, 3.8) is 0 Å². The van der Waals surface area contributed by atoms with Gasteiger partial charge >= 0.3 is 0 Å². The van der Waals surface area contributed by atoms with Crippen LogP contribution in [0.15, 0.2) is 24.3 Å². The zero-order valence-corrected chi connectivity index (χ0v) is 16.4. The summed E-state index contributed by atoms with van der Waals surface area (Å²) in [6, 6.07) is 5.69. The zero-order valence-electron chi connectivity index (χ0n) is 15.6. The van der Waals surface area contributed by atoms with E-state index in [1.807, 2.05) is 0 Å². The monoisotopic (exact) mass is 402 g/mol. The van der Waals surface area contributed by atoms with Crippen molar-refractivity contribution < 1.29 is 18.7 Å². The summed E-state index contributed by atoms with van der Waals surface area (Å²) in [5.41, 5.74) is 1.69. The van der Waals surface area contributed by atoms with Crippen LogP contribution in [0.2, 0.25) is 0 Å². The Labute approximate surface area is 167 Å². The summed E-state index contributed by atoms with van der Waals surface area (Å²) in [6.07, 6.45) is 4.05. The number of rotatable bonds is 5. The van der Waals surface area contributed by atoms with E-state index in [1.54, 1.807) is 6.07 Å². The minimum absolute atomic E-state index is 0.116. The zero-order chi connectivity index (χ0) is 19.5. The number of carbonyl (C=O) groups is 2. The number of ketones is 1. The number of fused-ring (bicyclic) bond motifs is 1. The van der Waals surface area contributed by atoms with Crippen LogP contribution in [0.4, 0.5) is 9.39 Å². The smallest absolute Gasteiger partial charge is 0.239 e. The first-order valence-electron chi connectivity index (χ1n) is 9.66. The van der Waals surface area contributed by atoms with E-state index in [4.69, 9.17) is 4.74 Å². The maximum absolute atomic E-state index is 13.6. The van der Waals surface area contributed by atoms with Gasteiger partial charge in [0, 0.05) is 10.4 Å². The van der Waals surface area contributed by atoms with Crippen molar-refractivity contribution in [3.8, 4) is 0 Å². The molecular weight excluding hydrogens is 379 g/mol. The Morgan fingerprint density at radius 3 is 2.82 bits per heavy atom. The van der Waals surface area contributed by atoms with Crippen LogP contribution in [-0.4, -0.2) is 42.8 Å². The molecule has 0 unspecified atom stereocenters. The SMILES string of the molecule is O=C(CN1CCCCC1)Nc1sc2c(c1C(=O)c1cccc(F)c1)CCOC2. The predicted octanol–water partition coefficient (Wildman–Crippen LogP) is 3.62. The third kappa shape index (κ3) is 4.16. The van der Waals surface area contributed by atoms with Crippen LogP contribution in [0, 0.1) is 5.82 Å². The molecule has 0 spiro atoms. The first kappa shape index (κ1) is 19.2. The minimum Gasteiger partial charge on any atom is -0.376 e. The lowest BCUT2D eigenvalue weighted by Crippen LogP contribution is -2.36. The van der Waals surface area contributed by atoms with Crippen LogP contribution in [-0.2, 0) is 22.6 Å². The molecule has 5 nitrogen and oxygen atoms in total. The maximum Gasteiger partial charge on any atom is 0.239 e. The topological polar surface area (TPSA) is 58.6 Å². The van der Waals surface area contributed by atoms with E-state index in [1.165, 1.54) is 36.0 Å². The molecule has 4 rings (SSSR count). The largest absolute Gasteiger partial charge is 0.376 e. The molecule has 1 aromatic heterocycles. The van der Waals surface area contributed by atoms with Crippen molar-refractivity contribution in [2.75, 3.05) is 31.6 Å². The molecule has 3 heterocycles. The van der Waals surface area contributed by atoms with Crippen molar-refractivity contribution in [1.29, 1.82) is 0 Å². The second-order valence-corrected chi connectivity index (χ2v) is 8.34. The van der Waals surface area contributed by atoms with E-state index >= 15 is 0 Å². The van der Waals surface area contributed by atoms with Gasteiger partial charge in [-0.25, -0.2) is 4.39 Å². The summed E-state index contributed by atoms with van der Waals surface area (Å²) in [7, 11) is 0. The third-order valence-corrected chi connectivity index (χ3v) is 6.32. The summed E-state index contributed by atoms with van der Waals surface area (Å²) >= 11 is 1.39. The van der Waals surface area contributed by atoms with Gasteiger partial charge in [0.1, 0.15) is 10.8 Å². The number of hydrogen-bond donors (Lipinski definition) is 1. The van der Waals surface area contributed by atoms with Crippen molar-refractivity contribution in [2.45, 2.75) is 32.3 Å². The first-order chi connectivity index (χ1) is 13.6. The van der Waals surface area contributed by atoms with Crippen LogP contribution in [0.1, 0.15) is 45.6 Å². The van der Waals surface area contributed by atoms with Gasteiger partial charge in [-0.05, 0) is 50.0 Å². The molecule has 0 saturated carbocycles. The summed E-state index contributed by atoms with van der Waals surface area (Å²) in [5.74, 6) is -0.823. The van der Waals surface area contributed by atoms with Crippen molar-refractivity contribution >= 4 is 28.0 Å². The van der Waals surface area contributed by atoms with Crippen molar-refractivity contribution in [1.82, 2.24) is 4.90 Å². The lowest BCUT2D eigenvalue weighted by molar-refractivity contribution is -0.117. The van der Waals surface area contributed by atoms with E-state index in [9.17, 15) is 14.0 Å². The summed E-state index contributed by atoms with van der Waals surface area (Å²) in [4.78, 5) is 28.9. The average molecular weight is 402 g/mol. The average Bonchev–Trinajstić information content (AvgIpc) is 3.05. The first-order valence-corrected chi connectivity index (χ1v) is 10.5. The van der Waals surface area contributed by atoms with Crippen LogP contribution in [0.3, 0.4) is 0 Å².